The van der Waals surface area contributed by atoms with Gasteiger partial charge in [0.05, 0.1) is 10.1 Å². The number of hydrogen-bond acceptors (Lipinski definition) is 5. The third-order valence-electron chi connectivity index (χ3n) is 3.12. The van der Waals surface area contributed by atoms with E-state index in [1.807, 2.05) is 17.5 Å². The summed E-state index contributed by atoms with van der Waals surface area (Å²) in [4.78, 5) is 35.7. The van der Waals surface area contributed by atoms with E-state index in [1.165, 1.54) is 11.3 Å². The summed E-state index contributed by atoms with van der Waals surface area (Å²) >= 11 is 2.40. The maximum atomic E-state index is 12.3. The molecule has 1 atom stereocenters. The lowest BCUT2D eigenvalue weighted by atomic mass is 10.0. The number of carbonyl (C=O) groups is 3. The molecule has 1 saturated heterocycles. The topological polar surface area (TPSA) is 63.2 Å². The van der Waals surface area contributed by atoms with E-state index in [4.69, 9.17) is 0 Å². The van der Waals surface area contributed by atoms with Gasteiger partial charge in [-0.2, -0.15) is 0 Å². The Balaban J connectivity index is 1.79. The molecule has 0 saturated carbocycles. The van der Waals surface area contributed by atoms with Crippen molar-refractivity contribution >= 4 is 40.0 Å². The third kappa shape index (κ3) is 3.06. The first-order valence-corrected chi connectivity index (χ1v) is 8.08. The maximum absolute atomic E-state index is 12.3. The van der Waals surface area contributed by atoms with Gasteiger partial charge in [0.2, 0.25) is 11.7 Å². The number of benzene rings is 1. The maximum Gasteiger partial charge on any atom is 0.286 e. The molecule has 1 N–H and O–H groups in total. The lowest BCUT2D eigenvalue weighted by molar-refractivity contribution is -0.118. The van der Waals surface area contributed by atoms with Gasteiger partial charge in [0.15, 0.2) is 0 Å². The van der Waals surface area contributed by atoms with Crippen molar-refractivity contribution in [3.05, 3.63) is 57.8 Å². The highest BCUT2D eigenvalue weighted by atomic mass is 32.2. The molecule has 1 aromatic carbocycles. The molecule has 4 nitrogen and oxygen atoms in total. The van der Waals surface area contributed by atoms with Gasteiger partial charge in [-0.05, 0) is 29.5 Å². The number of ketones is 1. The summed E-state index contributed by atoms with van der Waals surface area (Å²) in [5.41, 5.74) is 1.48. The fraction of sp³-hybridized carbons (Fsp3) is 0.133. The molecule has 21 heavy (non-hydrogen) atoms. The fourth-order valence-corrected chi connectivity index (χ4v) is 3.68. The third-order valence-corrected chi connectivity index (χ3v) is 4.97. The molecule has 1 aromatic heterocycles. The number of thioether (sulfide) groups is 1. The van der Waals surface area contributed by atoms with Crippen LogP contribution in [-0.2, 0) is 11.2 Å². The second kappa shape index (κ2) is 5.83. The molecule has 106 valence electrons. The fourth-order valence-electron chi connectivity index (χ4n) is 2.13. The molecule has 1 aliphatic rings. The van der Waals surface area contributed by atoms with Crippen LogP contribution in [0, 0.1) is 0 Å². The molecule has 0 bridgehead atoms. The molecule has 2 amide bonds. The quantitative estimate of drug-likeness (QED) is 0.881. The summed E-state index contributed by atoms with van der Waals surface area (Å²) in [6.07, 6.45) is 0.438. The van der Waals surface area contributed by atoms with E-state index < -0.39 is 5.25 Å². The number of amides is 2. The summed E-state index contributed by atoms with van der Waals surface area (Å²) < 4.78 is 0. The summed E-state index contributed by atoms with van der Waals surface area (Å²) in [5, 5.41) is 3.41. The predicted molar refractivity (Wildman–Crippen MR) is 82.8 cm³/mol. The first kappa shape index (κ1) is 14.0. The number of imide groups is 1. The second-order valence-corrected chi connectivity index (χ2v) is 6.72. The van der Waals surface area contributed by atoms with Crippen molar-refractivity contribution in [1.29, 1.82) is 0 Å². The largest absolute Gasteiger partial charge is 0.288 e. The Morgan fingerprint density at radius 1 is 1.19 bits per heavy atom. The lowest BCUT2D eigenvalue weighted by Crippen LogP contribution is -2.25. The Morgan fingerprint density at radius 2 is 2.05 bits per heavy atom. The van der Waals surface area contributed by atoms with Crippen LogP contribution in [0.4, 0.5) is 4.79 Å². The van der Waals surface area contributed by atoms with Crippen molar-refractivity contribution < 1.29 is 14.4 Å². The van der Waals surface area contributed by atoms with Crippen molar-refractivity contribution in [1.82, 2.24) is 5.32 Å². The van der Waals surface area contributed by atoms with Gasteiger partial charge in [0, 0.05) is 5.56 Å². The van der Waals surface area contributed by atoms with Gasteiger partial charge < -0.3 is 0 Å². The van der Waals surface area contributed by atoms with Crippen molar-refractivity contribution in [2.75, 3.05) is 0 Å². The van der Waals surface area contributed by atoms with Crippen LogP contribution >= 0.6 is 23.1 Å². The molecule has 3 rings (SSSR count). The average Bonchev–Trinajstić information content (AvgIpc) is 3.09. The SMILES string of the molecule is O=C1NC(=O)C(Cc2cccc(C(=O)c3cccs3)c2)S1. The zero-order valence-corrected chi connectivity index (χ0v) is 12.5. The van der Waals surface area contributed by atoms with Gasteiger partial charge in [-0.1, -0.05) is 36.0 Å². The molecule has 1 unspecified atom stereocenters. The molecular weight excluding hydrogens is 306 g/mol. The van der Waals surface area contributed by atoms with Gasteiger partial charge in [0.25, 0.3) is 5.24 Å². The molecule has 1 fully saturated rings. The van der Waals surface area contributed by atoms with Crippen molar-refractivity contribution in [2.24, 2.45) is 0 Å². The zero-order valence-electron chi connectivity index (χ0n) is 10.9. The predicted octanol–water partition coefficient (Wildman–Crippen LogP) is 2.87. The van der Waals surface area contributed by atoms with Crippen molar-refractivity contribution in [2.45, 2.75) is 11.7 Å². The summed E-state index contributed by atoms with van der Waals surface area (Å²) in [5.74, 6) is -0.286. The normalized spacial score (nSPS) is 17.8. The second-order valence-electron chi connectivity index (χ2n) is 4.59. The van der Waals surface area contributed by atoms with E-state index in [2.05, 4.69) is 5.32 Å². The number of rotatable bonds is 4. The van der Waals surface area contributed by atoms with E-state index in [0.29, 0.717) is 16.9 Å². The zero-order chi connectivity index (χ0) is 14.8. The molecule has 0 aliphatic carbocycles. The van der Waals surface area contributed by atoms with Crippen LogP contribution < -0.4 is 5.32 Å². The molecule has 1 aliphatic heterocycles. The highest BCUT2D eigenvalue weighted by Gasteiger charge is 2.31. The van der Waals surface area contributed by atoms with E-state index in [-0.39, 0.29) is 16.9 Å². The Bertz CT molecular complexity index is 709. The smallest absolute Gasteiger partial charge is 0.286 e. The first-order chi connectivity index (χ1) is 10.1. The molecule has 6 heteroatoms. The summed E-state index contributed by atoms with van der Waals surface area (Å²) in [6.45, 7) is 0. The average molecular weight is 317 g/mol. The number of carbonyl (C=O) groups excluding carboxylic acids is 3. The van der Waals surface area contributed by atoms with E-state index in [0.717, 1.165) is 17.3 Å². The Kier molecular flexibility index (Phi) is 3.90. The minimum absolute atomic E-state index is 0.0218. The van der Waals surface area contributed by atoms with Gasteiger partial charge in [-0.25, -0.2) is 0 Å². The molecule has 2 aromatic rings. The van der Waals surface area contributed by atoms with Gasteiger partial charge >= 0.3 is 0 Å². The van der Waals surface area contributed by atoms with Gasteiger partial charge in [0.1, 0.15) is 0 Å². The summed E-state index contributed by atoms with van der Waals surface area (Å²) in [6, 6.07) is 10.8. The number of nitrogens with one attached hydrogen (secondary N) is 1. The first-order valence-electron chi connectivity index (χ1n) is 6.32. The summed E-state index contributed by atoms with van der Waals surface area (Å²) in [7, 11) is 0. The number of thiophene rings is 1. The standard InChI is InChI=1S/C15H11NO3S2/c17-13(11-5-2-6-20-11)10-4-1-3-9(7-10)8-12-14(18)16-15(19)21-12/h1-7,12H,8H2,(H,16,18,19). The van der Waals surface area contributed by atoms with E-state index in [1.54, 1.807) is 24.3 Å². The molecular formula is C15H11NO3S2. The van der Waals surface area contributed by atoms with E-state index in [9.17, 15) is 14.4 Å². The minimum atomic E-state index is -0.412. The van der Waals surface area contributed by atoms with Crippen molar-refractivity contribution in [3.63, 3.8) is 0 Å². The van der Waals surface area contributed by atoms with Crippen LogP contribution in [0.5, 0.6) is 0 Å². The molecule has 2 heterocycles. The van der Waals surface area contributed by atoms with Gasteiger partial charge in [-0.3, -0.25) is 19.7 Å². The Labute approximate surface area is 129 Å². The molecule has 0 radical (unpaired) electrons. The van der Waals surface area contributed by atoms with E-state index >= 15 is 0 Å². The van der Waals surface area contributed by atoms with Crippen LogP contribution in [0.1, 0.15) is 20.8 Å². The Hall–Kier alpha value is -1.92. The van der Waals surface area contributed by atoms with Crippen LogP contribution in [0.15, 0.2) is 41.8 Å². The van der Waals surface area contributed by atoms with Crippen molar-refractivity contribution in [3.8, 4) is 0 Å². The van der Waals surface area contributed by atoms with Crippen LogP contribution in [-0.4, -0.2) is 22.2 Å². The monoisotopic (exact) mass is 317 g/mol. The van der Waals surface area contributed by atoms with Gasteiger partial charge in [-0.15, -0.1) is 11.3 Å². The molecule has 0 spiro atoms. The minimum Gasteiger partial charge on any atom is -0.288 e. The highest BCUT2D eigenvalue weighted by Crippen LogP contribution is 2.24. The lowest BCUT2D eigenvalue weighted by Gasteiger charge is -2.07. The van der Waals surface area contributed by atoms with Crippen LogP contribution in [0.25, 0.3) is 0 Å². The highest BCUT2D eigenvalue weighted by molar-refractivity contribution is 8.15. The van der Waals surface area contributed by atoms with Crippen LogP contribution in [0.3, 0.4) is 0 Å². The van der Waals surface area contributed by atoms with Crippen LogP contribution in [0.2, 0.25) is 0 Å². The number of hydrogen-bond donors (Lipinski definition) is 1. The Morgan fingerprint density at radius 3 is 2.71 bits per heavy atom.